The van der Waals surface area contributed by atoms with Crippen molar-refractivity contribution in [3.05, 3.63) is 40.0 Å². The van der Waals surface area contributed by atoms with Crippen molar-refractivity contribution < 1.29 is 17.6 Å². The van der Waals surface area contributed by atoms with Gasteiger partial charge >= 0.3 is 0 Å². The molecule has 0 spiro atoms. The minimum absolute atomic E-state index is 0.0169. The number of rotatable bonds is 4. The third kappa shape index (κ3) is 3.69. The van der Waals surface area contributed by atoms with E-state index in [1.165, 1.54) is 17.9 Å². The highest BCUT2D eigenvalue weighted by Crippen LogP contribution is 2.21. The Morgan fingerprint density at radius 2 is 2.04 bits per heavy atom. The van der Waals surface area contributed by atoms with E-state index in [1.54, 1.807) is 16.2 Å². The Morgan fingerprint density at radius 3 is 2.58 bits per heavy atom. The van der Waals surface area contributed by atoms with E-state index < -0.39 is 10.0 Å². The topological polar surface area (TPSA) is 96.8 Å². The number of sulfonamides is 1. The molecule has 1 aliphatic heterocycles. The van der Waals surface area contributed by atoms with Gasteiger partial charge in [-0.15, -0.1) is 11.3 Å². The first-order valence-electron chi connectivity index (χ1n) is 7.52. The maximum atomic E-state index is 12.5. The zero-order valence-corrected chi connectivity index (χ0v) is 14.9. The van der Waals surface area contributed by atoms with E-state index in [1.807, 2.05) is 6.07 Å². The van der Waals surface area contributed by atoms with E-state index in [9.17, 15) is 13.2 Å². The zero-order valence-electron chi connectivity index (χ0n) is 13.3. The van der Waals surface area contributed by atoms with Crippen LogP contribution in [-0.2, 0) is 16.6 Å². The lowest BCUT2D eigenvalue weighted by Gasteiger charge is -2.34. The number of hydrogen-bond acceptors (Lipinski definition) is 6. The zero-order chi connectivity index (χ0) is 17.3. The number of carbonyl (C=O) groups is 1. The molecular formula is C15H19N3O4S2. The largest absolute Gasteiger partial charge is 0.455 e. The lowest BCUT2D eigenvalue weighted by Crippen LogP contribution is -2.48. The summed E-state index contributed by atoms with van der Waals surface area (Å²) in [6.45, 7) is 5.06. The van der Waals surface area contributed by atoms with Gasteiger partial charge in [0.1, 0.15) is 10.7 Å². The van der Waals surface area contributed by atoms with Crippen LogP contribution in [0, 0.1) is 6.92 Å². The molecule has 0 aromatic carbocycles. The van der Waals surface area contributed by atoms with Crippen LogP contribution in [0.15, 0.2) is 32.9 Å². The second-order valence-electron chi connectivity index (χ2n) is 5.72. The quantitative estimate of drug-likeness (QED) is 0.875. The molecule has 0 atom stereocenters. The number of furan rings is 1. The monoisotopic (exact) mass is 369 g/mol. The first kappa shape index (κ1) is 17.2. The summed E-state index contributed by atoms with van der Waals surface area (Å²) >= 11 is 1.72. The van der Waals surface area contributed by atoms with Crippen molar-refractivity contribution in [3.63, 3.8) is 0 Å². The number of carbonyl (C=O) groups excluding carboxylic acids is 1. The number of thiophene rings is 1. The van der Waals surface area contributed by atoms with Gasteiger partial charge in [-0.3, -0.25) is 9.69 Å². The molecule has 0 unspecified atom stereocenters. The summed E-state index contributed by atoms with van der Waals surface area (Å²) in [5, 5.41) is 7.17. The molecule has 0 saturated carbocycles. The molecular weight excluding hydrogens is 350 g/mol. The van der Waals surface area contributed by atoms with Crippen LogP contribution in [0.1, 0.15) is 21.2 Å². The summed E-state index contributed by atoms with van der Waals surface area (Å²) in [4.78, 5) is 17.6. The fraction of sp³-hybridized carbons (Fsp3) is 0.400. The fourth-order valence-electron chi connectivity index (χ4n) is 2.74. The first-order chi connectivity index (χ1) is 11.3. The van der Waals surface area contributed by atoms with Gasteiger partial charge in [0.25, 0.3) is 5.91 Å². The molecule has 1 aliphatic rings. The normalized spacial score (nSPS) is 16.5. The SMILES string of the molecule is Cc1oc(C(=O)N2CCN(Cc3cccs3)CC2)cc1S(N)(=O)=O. The van der Waals surface area contributed by atoms with Gasteiger partial charge < -0.3 is 9.32 Å². The summed E-state index contributed by atoms with van der Waals surface area (Å²) in [6.07, 6.45) is 0. The van der Waals surface area contributed by atoms with Crippen LogP contribution in [0.5, 0.6) is 0 Å². The Kier molecular flexibility index (Phi) is 4.77. The predicted octanol–water partition coefficient (Wildman–Crippen LogP) is 1.25. The minimum Gasteiger partial charge on any atom is -0.455 e. The Labute approximate surface area is 144 Å². The van der Waals surface area contributed by atoms with Gasteiger partial charge in [-0.05, 0) is 18.4 Å². The Bertz CT molecular complexity index is 819. The van der Waals surface area contributed by atoms with Gasteiger partial charge in [-0.2, -0.15) is 0 Å². The van der Waals surface area contributed by atoms with Crippen molar-refractivity contribution in [2.45, 2.75) is 18.4 Å². The predicted molar refractivity (Wildman–Crippen MR) is 90.3 cm³/mol. The highest BCUT2D eigenvalue weighted by atomic mass is 32.2. The molecule has 0 radical (unpaired) electrons. The van der Waals surface area contributed by atoms with Crippen molar-refractivity contribution in [3.8, 4) is 0 Å². The maximum Gasteiger partial charge on any atom is 0.289 e. The molecule has 24 heavy (non-hydrogen) atoms. The highest BCUT2D eigenvalue weighted by Gasteiger charge is 2.27. The lowest BCUT2D eigenvalue weighted by atomic mass is 10.2. The van der Waals surface area contributed by atoms with Crippen LogP contribution in [0.3, 0.4) is 0 Å². The number of aryl methyl sites for hydroxylation is 1. The van der Waals surface area contributed by atoms with Gasteiger partial charge in [-0.25, -0.2) is 13.6 Å². The minimum atomic E-state index is -3.89. The molecule has 3 rings (SSSR count). The molecule has 2 aromatic rings. The Balaban J connectivity index is 1.63. The number of nitrogens with zero attached hydrogens (tertiary/aromatic N) is 2. The molecule has 9 heteroatoms. The molecule has 0 bridgehead atoms. The maximum absolute atomic E-state index is 12.5. The second-order valence-corrected chi connectivity index (χ2v) is 8.29. The molecule has 1 amide bonds. The van der Waals surface area contributed by atoms with E-state index in [0.29, 0.717) is 13.1 Å². The lowest BCUT2D eigenvalue weighted by molar-refractivity contribution is 0.0597. The van der Waals surface area contributed by atoms with Crippen LogP contribution in [0.2, 0.25) is 0 Å². The third-order valence-corrected chi connectivity index (χ3v) is 5.89. The van der Waals surface area contributed by atoms with E-state index in [2.05, 4.69) is 16.3 Å². The summed E-state index contributed by atoms with van der Waals surface area (Å²) in [5.74, 6) is -0.149. The summed E-state index contributed by atoms with van der Waals surface area (Å²) in [6, 6.07) is 5.34. The van der Waals surface area contributed by atoms with Crippen molar-refractivity contribution in [1.82, 2.24) is 9.80 Å². The molecule has 2 N–H and O–H groups in total. The first-order valence-corrected chi connectivity index (χ1v) is 9.94. The number of hydrogen-bond donors (Lipinski definition) is 1. The van der Waals surface area contributed by atoms with E-state index in [-0.39, 0.29) is 22.3 Å². The van der Waals surface area contributed by atoms with Gasteiger partial charge in [-0.1, -0.05) is 6.07 Å². The van der Waals surface area contributed by atoms with Crippen molar-refractivity contribution in [2.75, 3.05) is 26.2 Å². The molecule has 2 aromatic heterocycles. The fourth-order valence-corrected chi connectivity index (χ4v) is 4.20. The van der Waals surface area contributed by atoms with Crippen LogP contribution >= 0.6 is 11.3 Å². The second kappa shape index (κ2) is 6.67. The molecule has 7 nitrogen and oxygen atoms in total. The summed E-state index contributed by atoms with van der Waals surface area (Å²) < 4.78 is 28.2. The Morgan fingerprint density at radius 1 is 1.33 bits per heavy atom. The summed E-state index contributed by atoms with van der Waals surface area (Å²) in [7, 11) is -3.89. The summed E-state index contributed by atoms with van der Waals surface area (Å²) in [5.41, 5.74) is 0. The number of primary sulfonamides is 1. The highest BCUT2D eigenvalue weighted by molar-refractivity contribution is 7.89. The van der Waals surface area contributed by atoms with Crippen molar-refractivity contribution >= 4 is 27.3 Å². The van der Waals surface area contributed by atoms with E-state index in [4.69, 9.17) is 9.56 Å². The van der Waals surface area contributed by atoms with E-state index in [0.717, 1.165) is 19.6 Å². The standard InChI is InChI=1S/C15H19N3O4S2/c1-11-14(24(16,20)21)9-13(22-11)15(19)18-6-4-17(5-7-18)10-12-3-2-8-23-12/h2-3,8-9H,4-7,10H2,1H3,(H2,16,20,21). The van der Waals surface area contributed by atoms with Gasteiger partial charge in [0.2, 0.25) is 10.0 Å². The Hall–Kier alpha value is -1.68. The van der Waals surface area contributed by atoms with Crippen LogP contribution in [0.4, 0.5) is 0 Å². The van der Waals surface area contributed by atoms with Crippen molar-refractivity contribution in [2.24, 2.45) is 5.14 Å². The molecule has 3 heterocycles. The molecule has 0 aliphatic carbocycles. The van der Waals surface area contributed by atoms with Gasteiger partial charge in [0, 0.05) is 43.7 Å². The van der Waals surface area contributed by atoms with Crippen LogP contribution in [-0.4, -0.2) is 50.3 Å². The van der Waals surface area contributed by atoms with Gasteiger partial charge in [0.05, 0.1) is 0 Å². The van der Waals surface area contributed by atoms with Gasteiger partial charge in [0.15, 0.2) is 5.76 Å². The average Bonchev–Trinajstić information content (AvgIpc) is 3.16. The smallest absolute Gasteiger partial charge is 0.289 e. The van der Waals surface area contributed by atoms with Crippen LogP contribution in [0.25, 0.3) is 0 Å². The molecule has 1 fully saturated rings. The molecule has 1 saturated heterocycles. The number of nitrogens with two attached hydrogens (primary N) is 1. The van der Waals surface area contributed by atoms with E-state index >= 15 is 0 Å². The van der Waals surface area contributed by atoms with Crippen molar-refractivity contribution in [1.29, 1.82) is 0 Å². The average molecular weight is 369 g/mol. The number of piperazine rings is 1. The number of amides is 1. The third-order valence-electron chi connectivity index (χ3n) is 4.01. The van der Waals surface area contributed by atoms with Crippen LogP contribution < -0.4 is 5.14 Å². The molecule has 130 valence electrons.